The summed E-state index contributed by atoms with van der Waals surface area (Å²) in [6.45, 7) is 1.37. The van der Waals surface area contributed by atoms with E-state index >= 15 is 0 Å². The third-order valence-electron chi connectivity index (χ3n) is 2.95. The van der Waals surface area contributed by atoms with Crippen LogP contribution in [0, 0.1) is 0 Å². The van der Waals surface area contributed by atoms with E-state index in [4.69, 9.17) is 0 Å². The third kappa shape index (κ3) is 3.37. The molecule has 4 nitrogen and oxygen atoms in total. The molecule has 1 heterocycles. The Kier molecular flexibility index (Phi) is 4.23. The van der Waals surface area contributed by atoms with E-state index in [0.717, 1.165) is 17.9 Å². The van der Waals surface area contributed by atoms with Crippen LogP contribution < -0.4 is 15.8 Å². The van der Waals surface area contributed by atoms with E-state index in [2.05, 4.69) is 16.3 Å². The number of pyridine rings is 1. The van der Waals surface area contributed by atoms with Crippen molar-refractivity contribution in [3.05, 3.63) is 59.0 Å². The van der Waals surface area contributed by atoms with E-state index in [0.29, 0.717) is 6.54 Å². The molecule has 0 aliphatic heterocycles. The molecule has 0 unspecified atom stereocenters. The molecule has 0 aliphatic carbocycles. The Morgan fingerprint density at radius 2 is 1.84 bits per heavy atom. The molecule has 0 saturated carbocycles. The lowest BCUT2D eigenvalue weighted by molar-refractivity contribution is 0.697. The van der Waals surface area contributed by atoms with Gasteiger partial charge in [-0.15, -0.1) is 0 Å². The Labute approximate surface area is 113 Å². The summed E-state index contributed by atoms with van der Waals surface area (Å²) >= 11 is 0. The zero-order valence-corrected chi connectivity index (χ0v) is 11.3. The summed E-state index contributed by atoms with van der Waals surface area (Å²) in [6.07, 6.45) is 1.81. The predicted molar refractivity (Wildman–Crippen MR) is 80.0 cm³/mol. The second-order valence-electron chi connectivity index (χ2n) is 4.57. The smallest absolute Gasteiger partial charge is 0.250 e. The van der Waals surface area contributed by atoms with Gasteiger partial charge in [0.2, 0.25) is 0 Å². The Hall–Kier alpha value is -2.23. The lowest BCUT2D eigenvalue weighted by Crippen LogP contribution is -2.22. The van der Waals surface area contributed by atoms with Gasteiger partial charge in [-0.1, -0.05) is 18.2 Å². The van der Waals surface area contributed by atoms with Gasteiger partial charge in [0.05, 0.1) is 11.4 Å². The van der Waals surface area contributed by atoms with E-state index in [1.807, 2.05) is 44.6 Å². The highest BCUT2D eigenvalue weighted by atomic mass is 16.1. The topological polar surface area (TPSA) is 37.3 Å². The largest absolute Gasteiger partial charge is 0.382 e. The van der Waals surface area contributed by atoms with E-state index in [1.165, 1.54) is 0 Å². The molecular formula is C15H19N3O. The molecule has 1 aromatic carbocycles. The zero-order valence-electron chi connectivity index (χ0n) is 11.3. The Balaban J connectivity index is 2.00. The summed E-state index contributed by atoms with van der Waals surface area (Å²) in [5, 5.41) is 3.37. The minimum absolute atomic E-state index is 0.0326. The normalized spacial score (nSPS) is 10.2. The van der Waals surface area contributed by atoms with Crippen LogP contribution in [0.2, 0.25) is 0 Å². The molecule has 0 bridgehead atoms. The van der Waals surface area contributed by atoms with Crippen LogP contribution in [0.3, 0.4) is 0 Å². The standard InChI is InChI=1S/C15H19N3O/c1-17(2)14-8-4-3-7-13(14)16-10-12-18-11-6-5-9-15(18)19/h3-9,11,16H,10,12H2,1-2H3. The molecule has 1 N–H and O–H groups in total. The SMILES string of the molecule is CN(C)c1ccccc1NCCn1ccccc1=O. The van der Waals surface area contributed by atoms with E-state index in [-0.39, 0.29) is 5.56 Å². The number of rotatable bonds is 5. The van der Waals surface area contributed by atoms with Crippen LogP contribution in [-0.4, -0.2) is 25.2 Å². The van der Waals surface area contributed by atoms with Gasteiger partial charge in [0.15, 0.2) is 0 Å². The first-order valence-electron chi connectivity index (χ1n) is 6.34. The van der Waals surface area contributed by atoms with E-state index in [9.17, 15) is 4.79 Å². The van der Waals surface area contributed by atoms with Crippen LogP contribution in [0.15, 0.2) is 53.5 Å². The van der Waals surface area contributed by atoms with Crippen LogP contribution in [-0.2, 0) is 6.54 Å². The first-order chi connectivity index (χ1) is 9.18. The van der Waals surface area contributed by atoms with Crippen LogP contribution in [0.1, 0.15) is 0 Å². The van der Waals surface area contributed by atoms with Crippen LogP contribution in [0.5, 0.6) is 0 Å². The summed E-state index contributed by atoms with van der Waals surface area (Å²) in [5.41, 5.74) is 2.25. The summed E-state index contributed by atoms with van der Waals surface area (Å²) < 4.78 is 1.70. The van der Waals surface area contributed by atoms with Crippen molar-refractivity contribution < 1.29 is 0 Å². The van der Waals surface area contributed by atoms with Crippen molar-refractivity contribution in [2.45, 2.75) is 6.54 Å². The predicted octanol–water partition coefficient (Wildman–Crippen LogP) is 2.03. The van der Waals surface area contributed by atoms with Gasteiger partial charge >= 0.3 is 0 Å². The van der Waals surface area contributed by atoms with Crippen molar-refractivity contribution in [1.29, 1.82) is 0 Å². The van der Waals surface area contributed by atoms with Crippen molar-refractivity contribution in [3.63, 3.8) is 0 Å². The first-order valence-corrected chi connectivity index (χ1v) is 6.34. The molecule has 2 aromatic rings. The molecule has 0 radical (unpaired) electrons. The minimum Gasteiger partial charge on any atom is -0.382 e. The maximum absolute atomic E-state index is 11.6. The minimum atomic E-state index is 0.0326. The maximum atomic E-state index is 11.6. The van der Waals surface area contributed by atoms with Gasteiger partial charge in [0.1, 0.15) is 0 Å². The van der Waals surface area contributed by atoms with Crippen molar-refractivity contribution in [1.82, 2.24) is 4.57 Å². The average molecular weight is 257 g/mol. The first kappa shape index (κ1) is 13.2. The van der Waals surface area contributed by atoms with E-state index in [1.54, 1.807) is 16.7 Å². The number of anilines is 2. The number of hydrogen-bond acceptors (Lipinski definition) is 3. The molecule has 4 heteroatoms. The third-order valence-corrected chi connectivity index (χ3v) is 2.95. The van der Waals surface area contributed by atoms with Crippen molar-refractivity contribution in [2.24, 2.45) is 0 Å². The van der Waals surface area contributed by atoms with Gasteiger partial charge in [-0.3, -0.25) is 4.79 Å². The molecule has 0 saturated heterocycles. The average Bonchev–Trinajstić information content (AvgIpc) is 2.41. The molecule has 0 aliphatic rings. The van der Waals surface area contributed by atoms with E-state index < -0.39 is 0 Å². The zero-order chi connectivity index (χ0) is 13.7. The van der Waals surface area contributed by atoms with Gasteiger partial charge in [0.25, 0.3) is 5.56 Å². The molecule has 100 valence electrons. The molecule has 0 spiro atoms. The van der Waals surface area contributed by atoms with Gasteiger partial charge in [-0.2, -0.15) is 0 Å². The Morgan fingerprint density at radius 3 is 2.58 bits per heavy atom. The van der Waals surface area contributed by atoms with Crippen LogP contribution >= 0.6 is 0 Å². The lowest BCUT2D eigenvalue weighted by atomic mass is 10.2. The molecular weight excluding hydrogens is 238 g/mol. The molecule has 19 heavy (non-hydrogen) atoms. The lowest BCUT2D eigenvalue weighted by Gasteiger charge is -2.18. The van der Waals surface area contributed by atoms with Gasteiger partial charge in [0, 0.05) is 39.4 Å². The Bertz CT molecular complexity index is 590. The number of nitrogens with one attached hydrogen (secondary N) is 1. The van der Waals surface area contributed by atoms with Crippen molar-refractivity contribution in [2.75, 3.05) is 30.9 Å². The summed E-state index contributed by atoms with van der Waals surface area (Å²) in [5.74, 6) is 0. The molecule has 1 aromatic heterocycles. The number of aromatic nitrogens is 1. The number of nitrogens with zero attached hydrogens (tertiary/aromatic N) is 2. The highest BCUT2D eigenvalue weighted by molar-refractivity contribution is 5.69. The fourth-order valence-corrected chi connectivity index (χ4v) is 1.97. The van der Waals surface area contributed by atoms with Crippen LogP contribution in [0.25, 0.3) is 0 Å². The summed E-state index contributed by atoms with van der Waals surface area (Å²) in [6, 6.07) is 13.3. The number of benzene rings is 1. The van der Waals surface area contributed by atoms with Crippen LogP contribution in [0.4, 0.5) is 11.4 Å². The number of hydrogen-bond donors (Lipinski definition) is 1. The second kappa shape index (κ2) is 6.09. The second-order valence-corrected chi connectivity index (χ2v) is 4.57. The van der Waals surface area contributed by atoms with Gasteiger partial charge in [-0.05, 0) is 18.2 Å². The summed E-state index contributed by atoms with van der Waals surface area (Å²) in [7, 11) is 4.03. The molecule has 0 atom stereocenters. The highest BCUT2D eigenvalue weighted by Crippen LogP contribution is 2.22. The monoisotopic (exact) mass is 257 g/mol. The Morgan fingerprint density at radius 1 is 1.11 bits per heavy atom. The highest BCUT2D eigenvalue weighted by Gasteiger charge is 2.02. The fraction of sp³-hybridized carbons (Fsp3) is 0.267. The fourth-order valence-electron chi connectivity index (χ4n) is 1.97. The summed E-state index contributed by atoms with van der Waals surface area (Å²) in [4.78, 5) is 13.6. The molecule has 2 rings (SSSR count). The number of para-hydroxylation sites is 2. The van der Waals surface area contributed by atoms with Crippen molar-refractivity contribution in [3.8, 4) is 0 Å². The molecule has 0 amide bonds. The maximum Gasteiger partial charge on any atom is 0.250 e. The quantitative estimate of drug-likeness (QED) is 0.890. The molecule has 0 fully saturated rings. The van der Waals surface area contributed by atoms with Gasteiger partial charge < -0.3 is 14.8 Å². The van der Waals surface area contributed by atoms with Crippen molar-refractivity contribution >= 4 is 11.4 Å². The van der Waals surface area contributed by atoms with Gasteiger partial charge in [-0.25, -0.2) is 0 Å².